The molecule has 1 N–H and O–H groups in total. The molecule has 25 heavy (non-hydrogen) atoms. The van der Waals surface area contributed by atoms with Crippen molar-refractivity contribution in [2.24, 2.45) is 17.8 Å². The van der Waals surface area contributed by atoms with Crippen LogP contribution in [0, 0.1) is 23.6 Å². The molecule has 5 rings (SSSR count). The van der Waals surface area contributed by atoms with Crippen LogP contribution >= 0.6 is 0 Å². The SMILES string of the molecule is O=C(Nc1ccc(-c2nc3cccc(F)c3o2)cc1)C1C2COCC21. The van der Waals surface area contributed by atoms with Crippen molar-refractivity contribution in [2.75, 3.05) is 18.5 Å². The normalized spacial score (nSPS) is 24.3. The predicted molar refractivity (Wildman–Crippen MR) is 89.3 cm³/mol. The molecule has 2 heterocycles. The molecule has 1 saturated carbocycles. The summed E-state index contributed by atoms with van der Waals surface area (Å²) in [7, 11) is 0. The van der Waals surface area contributed by atoms with Crippen LogP contribution in [0.5, 0.6) is 0 Å². The first-order chi connectivity index (χ1) is 12.2. The zero-order valence-electron chi connectivity index (χ0n) is 13.2. The number of amides is 1. The molecule has 1 saturated heterocycles. The number of nitrogens with zero attached hydrogens (tertiary/aromatic N) is 1. The highest BCUT2D eigenvalue weighted by Gasteiger charge is 2.57. The van der Waals surface area contributed by atoms with E-state index in [0.717, 1.165) is 11.3 Å². The van der Waals surface area contributed by atoms with Crippen molar-refractivity contribution in [3.05, 3.63) is 48.3 Å². The lowest BCUT2D eigenvalue weighted by Gasteiger charge is -2.07. The zero-order chi connectivity index (χ0) is 17.0. The fourth-order valence-electron chi connectivity index (χ4n) is 3.59. The van der Waals surface area contributed by atoms with Crippen molar-refractivity contribution in [3.63, 3.8) is 0 Å². The Balaban J connectivity index is 1.34. The highest BCUT2D eigenvalue weighted by molar-refractivity contribution is 5.95. The maximum absolute atomic E-state index is 13.7. The molecule has 2 fully saturated rings. The van der Waals surface area contributed by atoms with Gasteiger partial charge in [0, 0.05) is 17.2 Å². The van der Waals surface area contributed by atoms with Gasteiger partial charge in [-0.05, 0) is 48.2 Å². The molecule has 2 aliphatic rings. The molecule has 2 atom stereocenters. The summed E-state index contributed by atoms with van der Waals surface area (Å²) in [5.41, 5.74) is 2.08. The number of ether oxygens (including phenoxy) is 1. The third-order valence-corrected chi connectivity index (χ3v) is 5.02. The molecular weight excluding hydrogens is 323 g/mol. The summed E-state index contributed by atoms with van der Waals surface area (Å²) in [5, 5.41) is 2.94. The first-order valence-corrected chi connectivity index (χ1v) is 8.25. The second-order valence-corrected chi connectivity index (χ2v) is 6.56. The highest BCUT2D eigenvalue weighted by atomic mass is 19.1. The summed E-state index contributed by atoms with van der Waals surface area (Å²) in [4.78, 5) is 16.6. The van der Waals surface area contributed by atoms with Crippen LogP contribution in [0.25, 0.3) is 22.6 Å². The molecule has 0 spiro atoms. The van der Waals surface area contributed by atoms with Crippen LogP contribution in [0.15, 0.2) is 46.9 Å². The van der Waals surface area contributed by atoms with Gasteiger partial charge in [0.2, 0.25) is 11.8 Å². The Morgan fingerprint density at radius 3 is 2.60 bits per heavy atom. The zero-order valence-corrected chi connectivity index (χ0v) is 13.2. The number of oxazole rings is 1. The average Bonchev–Trinajstić information content (AvgIpc) is 2.98. The minimum absolute atomic E-state index is 0.0509. The van der Waals surface area contributed by atoms with Crippen LogP contribution in [0.3, 0.4) is 0 Å². The van der Waals surface area contributed by atoms with E-state index >= 15 is 0 Å². The number of aromatic nitrogens is 1. The van der Waals surface area contributed by atoms with Crippen LogP contribution in [0.2, 0.25) is 0 Å². The maximum atomic E-state index is 13.7. The maximum Gasteiger partial charge on any atom is 0.228 e. The van der Waals surface area contributed by atoms with Gasteiger partial charge in [0.15, 0.2) is 11.4 Å². The first kappa shape index (κ1) is 14.6. The van der Waals surface area contributed by atoms with E-state index in [1.165, 1.54) is 6.07 Å². The van der Waals surface area contributed by atoms with Crippen LogP contribution in [-0.4, -0.2) is 24.1 Å². The number of benzene rings is 2. The number of halogens is 1. The van der Waals surface area contributed by atoms with Crippen LogP contribution in [-0.2, 0) is 9.53 Å². The van der Waals surface area contributed by atoms with Crippen molar-refractivity contribution >= 4 is 22.7 Å². The minimum atomic E-state index is -0.431. The molecule has 2 aromatic carbocycles. The third kappa shape index (κ3) is 2.41. The van der Waals surface area contributed by atoms with E-state index < -0.39 is 5.82 Å². The molecular formula is C19H15FN2O3. The lowest BCUT2D eigenvalue weighted by Crippen LogP contribution is -2.18. The number of para-hydroxylation sites is 1. The van der Waals surface area contributed by atoms with Gasteiger partial charge in [0.05, 0.1) is 13.2 Å². The molecule has 6 heteroatoms. The molecule has 5 nitrogen and oxygen atoms in total. The number of rotatable bonds is 3. The summed E-state index contributed by atoms with van der Waals surface area (Å²) in [6.07, 6.45) is 0. The number of hydrogen-bond acceptors (Lipinski definition) is 4. The van der Waals surface area contributed by atoms with E-state index in [0.29, 0.717) is 36.5 Å². The molecule has 1 aromatic heterocycles. The molecule has 126 valence electrons. The Bertz CT molecular complexity index is 956. The van der Waals surface area contributed by atoms with Crippen molar-refractivity contribution in [3.8, 4) is 11.5 Å². The van der Waals surface area contributed by atoms with Crippen molar-refractivity contribution < 1.29 is 18.3 Å². The van der Waals surface area contributed by atoms with Gasteiger partial charge in [-0.25, -0.2) is 9.37 Å². The summed E-state index contributed by atoms with van der Waals surface area (Å²) in [6, 6.07) is 11.8. The quantitative estimate of drug-likeness (QED) is 0.794. The number of nitrogens with one attached hydrogen (secondary N) is 1. The van der Waals surface area contributed by atoms with Gasteiger partial charge >= 0.3 is 0 Å². The van der Waals surface area contributed by atoms with Gasteiger partial charge in [-0.2, -0.15) is 0 Å². The number of fused-ring (bicyclic) bond motifs is 2. The van der Waals surface area contributed by atoms with E-state index in [4.69, 9.17) is 9.15 Å². The van der Waals surface area contributed by atoms with E-state index in [1.807, 2.05) is 0 Å². The van der Waals surface area contributed by atoms with Gasteiger partial charge in [-0.3, -0.25) is 4.79 Å². The first-order valence-electron chi connectivity index (χ1n) is 8.25. The Morgan fingerprint density at radius 2 is 1.88 bits per heavy atom. The molecule has 2 unspecified atom stereocenters. The Morgan fingerprint density at radius 1 is 1.12 bits per heavy atom. The molecule has 0 radical (unpaired) electrons. The Labute approximate surface area is 142 Å². The largest absolute Gasteiger partial charge is 0.433 e. The number of hydrogen-bond donors (Lipinski definition) is 1. The van der Waals surface area contributed by atoms with Gasteiger partial charge in [0.1, 0.15) is 5.52 Å². The average molecular weight is 338 g/mol. The third-order valence-electron chi connectivity index (χ3n) is 5.02. The highest BCUT2D eigenvalue weighted by Crippen LogP contribution is 2.51. The van der Waals surface area contributed by atoms with Crippen LogP contribution in [0.1, 0.15) is 0 Å². The molecule has 1 aliphatic carbocycles. The number of anilines is 1. The van der Waals surface area contributed by atoms with E-state index in [-0.39, 0.29) is 17.4 Å². The van der Waals surface area contributed by atoms with Gasteiger partial charge in [0.25, 0.3) is 0 Å². The predicted octanol–water partition coefficient (Wildman–Crippen LogP) is 3.46. The van der Waals surface area contributed by atoms with Gasteiger partial charge < -0.3 is 14.5 Å². The fourth-order valence-corrected chi connectivity index (χ4v) is 3.59. The summed E-state index contributed by atoms with van der Waals surface area (Å²) < 4.78 is 24.5. The second-order valence-electron chi connectivity index (χ2n) is 6.56. The lowest BCUT2D eigenvalue weighted by molar-refractivity contribution is -0.118. The summed E-state index contributed by atoms with van der Waals surface area (Å²) in [5.74, 6) is 0.817. The van der Waals surface area contributed by atoms with Crippen molar-refractivity contribution in [1.82, 2.24) is 4.98 Å². The lowest BCUT2D eigenvalue weighted by atomic mass is 10.2. The van der Waals surface area contributed by atoms with Crippen LogP contribution < -0.4 is 5.32 Å². The topological polar surface area (TPSA) is 64.4 Å². The monoisotopic (exact) mass is 338 g/mol. The fraction of sp³-hybridized carbons (Fsp3) is 0.263. The van der Waals surface area contributed by atoms with Gasteiger partial charge in [-0.1, -0.05) is 6.07 Å². The molecule has 1 aliphatic heterocycles. The van der Waals surface area contributed by atoms with E-state index in [2.05, 4.69) is 10.3 Å². The Hall–Kier alpha value is -2.73. The Kier molecular flexibility index (Phi) is 3.15. The minimum Gasteiger partial charge on any atom is -0.433 e. The standard InChI is InChI=1S/C19H15FN2O3/c20-14-2-1-3-15-17(14)25-19(22-15)10-4-6-11(7-5-10)21-18(23)16-12-8-24-9-13(12)16/h1-7,12-13,16H,8-9H2,(H,21,23). The molecule has 0 bridgehead atoms. The molecule has 3 aromatic rings. The number of carbonyl (C=O) groups is 1. The van der Waals surface area contributed by atoms with Gasteiger partial charge in [-0.15, -0.1) is 0 Å². The second kappa shape index (κ2) is 5.39. The van der Waals surface area contributed by atoms with Crippen molar-refractivity contribution in [2.45, 2.75) is 0 Å². The van der Waals surface area contributed by atoms with Crippen LogP contribution in [0.4, 0.5) is 10.1 Å². The summed E-state index contributed by atoms with van der Waals surface area (Å²) >= 11 is 0. The van der Waals surface area contributed by atoms with E-state index in [9.17, 15) is 9.18 Å². The number of carbonyl (C=O) groups excluding carboxylic acids is 1. The van der Waals surface area contributed by atoms with Crippen molar-refractivity contribution in [1.29, 1.82) is 0 Å². The summed E-state index contributed by atoms with van der Waals surface area (Å²) in [6.45, 7) is 1.38. The molecule has 1 amide bonds. The van der Waals surface area contributed by atoms with E-state index in [1.54, 1.807) is 36.4 Å². The smallest absolute Gasteiger partial charge is 0.228 e.